The first-order valence-corrected chi connectivity index (χ1v) is 12.6. The normalized spacial score (nSPS) is 32.2. The average Bonchev–Trinajstić information content (AvgIpc) is 3.37. The summed E-state index contributed by atoms with van der Waals surface area (Å²) >= 11 is 0. The van der Waals surface area contributed by atoms with Crippen molar-refractivity contribution in [1.82, 2.24) is 20.1 Å². The van der Waals surface area contributed by atoms with E-state index in [1.807, 2.05) is 30.6 Å². The maximum atomic E-state index is 13.2. The number of hydrogen-bond acceptors (Lipinski definition) is 6. The zero-order valence-corrected chi connectivity index (χ0v) is 19.5. The summed E-state index contributed by atoms with van der Waals surface area (Å²) in [5, 5.41) is 2.44. The number of rotatable bonds is 5. The summed E-state index contributed by atoms with van der Waals surface area (Å²) < 4.78 is 6.49. The van der Waals surface area contributed by atoms with E-state index in [9.17, 15) is 14.4 Å². The summed E-state index contributed by atoms with van der Waals surface area (Å²) in [5.74, 6) is 0.508. The Kier molecular flexibility index (Phi) is 4.58. The van der Waals surface area contributed by atoms with Crippen molar-refractivity contribution >= 4 is 17.7 Å². The molecule has 0 radical (unpaired) electrons. The predicted molar refractivity (Wildman–Crippen MR) is 126 cm³/mol. The van der Waals surface area contributed by atoms with Crippen LogP contribution in [0, 0.1) is 5.92 Å². The van der Waals surface area contributed by atoms with E-state index in [0.717, 1.165) is 43.7 Å². The highest BCUT2D eigenvalue weighted by Gasteiger charge is 2.63. The van der Waals surface area contributed by atoms with Gasteiger partial charge in [0, 0.05) is 55.5 Å². The molecule has 1 aromatic carbocycles. The van der Waals surface area contributed by atoms with E-state index in [1.54, 1.807) is 4.90 Å². The van der Waals surface area contributed by atoms with Crippen LogP contribution in [0.3, 0.4) is 0 Å². The molecule has 8 heteroatoms. The van der Waals surface area contributed by atoms with Crippen molar-refractivity contribution in [3.8, 4) is 5.75 Å². The highest BCUT2D eigenvalue weighted by atomic mass is 16.5. The van der Waals surface area contributed by atoms with Crippen molar-refractivity contribution in [3.63, 3.8) is 0 Å². The molecule has 5 fully saturated rings. The predicted octanol–water partition coefficient (Wildman–Crippen LogP) is 2.24. The zero-order valence-electron chi connectivity index (χ0n) is 19.5. The lowest BCUT2D eigenvalue weighted by atomic mass is 9.63. The van der Waals surface area contributed by atoms with Crippen LogP contribution in [0.4, 0.5) is 0 Å². The van der Waals surface area contributed by atoms with E-state index < -0.39 is 5.54 Å². The number of carbonyl (C=O) groups excluding carboxylic acids is 3. The fourth-order valence-corrected chi connectivity index (χ4v) is 6.78. The minimum absolute atomic E-state index is 0.129. The first-order valence-electron chi connectivity index (χ1n) is 12.6. The van der Waals surface area contributed by atoms with Crippen LogP contribution in [-0.2, 0) is 16.1 Å². The van der Waals surface area contributed by atoms with Gasteiger partial charge in [-0.1, -0.05) is 0 Å². The molecule has 2 atom stereocenters. The van der Waals surface area contributed by atoms with Gasteiger partial charge in [0.2, 0.25) is 5.91 Å². The molecule has 180 valence electrons. The number of benzene rings is 1. The number of likely N-dealkylation sites (tertiary alicyclic amines) is 1. The van der Waals surface area contributed by atoms with Crippen molar-refractivity contribution in [2.45, 2.75) is 62.3 Å². The molecule has 2 aromatic rings. The topological polar surface area (TPSA) is 91.8 Å². The number of piperidine rings is 2. The van der Waals surface area contributed by atoms with Gasteiger partial charge in [-0.3, -0.25) is 29.6 Å². The van der Waals surface area contributed by atoms with Gasteiger partial charge in [0.1, 0.15) is 17.4 Å². The number of ether oxygens (including phenoxy) is 1. The molecule has 35 heavy (non-hydrogen) atoms. The molecule has 2 bridgehead atoms. The van der Waals surface area contributed by atoms with Gasteiger partial charge in [0.05, 0.1) is 0 Å². The van der Waals surface area contributed by atoms with E-state index in [1.165, 1.54) is 5.56 Å². The van der Waals surface area contributed by atoms with Gasteiger partial charge in [-0.25, -0.2) is 0 Å². The maximum Gasteiger partial charge on any atom is 0.255 e. The minimum Gasteiger partial charge on any atom is -0.489 e. The summed E-state index contributed by atoms with van der Waals surface area (Å²) in [5.41, 5.74) is 2.00. The van der Waals surface area contributed by atoms with Crippen LogP contribution in [0.2, 0.25) is 0 Å². The second kappa shape index (κ2) is 7.62. The average molecular weight is 473 g/mol. The van der Waals surface area contributed by atoms with Gasteiger partial charge in [0.15, 0.2) is 0 Å². The van der Waals surface area contributed by atoms with Crippen molar-refractivity contribution < 1.29 is 19.1 Å². The highest BCUT2D eigenvalue weighted by Crippen LogP contribution is 2.49. The van der Waals surface area contributed by atoms with Gasteiger partial charge >= 0.3 is 0 Å². The lowest BCUT2D eigenvalue weighted by Gasteiger charge is -2.53. The third-order valence-corrected chi connectivity index (χ3v) is 8.86. The summed E-state index contributed by atoms with van der Waals surface area (Å²) in [6.45, 7) is 2.49. The standard InChI is InChI=1S/C27H28N4O4/c32-24-18-11-27(12-18,26(34)29-24)31-15-17-10-20(4-5-21(17)25(31)33)35-23-3-1-2-22(23)30-13-19(14-30)16-6-8-28-9-7-16/h4-10,18-19,22-23H,1-3,11-15H2,(H,29,32,34)/t18?,22-,23+,27?/m1/s1. The molecule has 8 nitrogen and oxygen atoms in total. The Hall–Kier alpha value is -3.26. The number of nitrogens with zero attached hydrogens (tertiary/aromatic N) is 3. The van der Waals surface area contributed by atoms with E-state index in [-0.39, 0.29) is 29.7 Å². The van der Waals surface area contributed by atoms with Crippen LogP contribution in [0.25, 0.3) is 0 Å². The monoisotopic (exact) mass is 472 g/mol. The number of aromatic nitrogens is 1. The lowest BCUT2D eigenvalue weighted by molar-refractivity contribution is -0.160. The number of hydrogen-bond donors (Lipinski definition) is 1. The quantitative estimate of drug-likeness (QED) is 0.671. The third-order valence-electron chi connectivity index (χ3n) is 8.86. The molecule has 5 heterocycles. The Bertz CT molecular complexity index is 1220. The van der Waals surface area contributed by atoms with Crippen LogP contribution >= 0.6 is 0 Å². The SMILES string of the molecule is O=C1NC(=O)C2(N3Cc4cc(O[C@H]5CCC[C@H]5N5CC(c6ccncc6)C5)ccc4C3=O)CC1C2. The molecular formula is C27H28N4O4. The molecule has 0 unspecified atom stereocenters. The number of imide groups is 1. The van der Waals surface area contributed by atoms with E-state index in [4.69, 9.17) is 4.74 Å². The van der Waals surface area contributed by atoms with Crippen LogP contribution in [0.15, 0.2) is 42.7 Å². The van der Waals surface area contributed by atoms with Crippen molar-refractivity contribution in [3.05, 3.63) is 59.4 Å². The van der Waals surface area contributed by atoms with Crippen molar-refractivity contribution in [1.29, 1.82) is 0 Å². The number of carbonyl (C=O) groups is 3. The Morgan fingerprint density at radius 3 is 2.57 bits per heavy atom. The van der Waals surface area contributed by atoms with E-state index in [2.05, 4.69) is 27.3 Å². The van der Waals surface area contributed by atoms with Crippen LogP contribution in [0.1, 0.15) is 59.5 Å². The van der Waals surface area contributed by atoms with Gasteiger partial charge in [-0.05, 0) is 73.6 Å². The minimum atomic E-state index is -0.880. The Labute approximate surface area is 203 Å². The van der Waals surface area contributed by atoms with Crippen molar-refractivity contribution in [2.75, 3.05) is 13.1 Å². The van der Waals surface area contributed by atoms with Crippen LogP contribution < -0.4 is 10.1 Å². The smallest absolute Gasteiger partial charge is 0.255 e. The highest BCUT2D eigenvalue weighted by molar-refractivity contribution is 6.10. The molecule has 0 spiro atoms. The first-order chi connectivity index (χ1) is 17.0. The lowest BCUT2D eigenvalue weighted by Crippen LogP contribution is -2.73. The summed E-state index contributed by atoms with van der Waals surface area (Å²) in [4.78, 5) is 46.0. The second-order valence-corrected chi connectivity index (χ2v) is 10.8. The third kappa shape index (κ3) is 3.15. The zero-order chi connectivity index (χ0) is 23.7. The number of pyridine rings is 1. The molecule has 2 saturated carbocycles. The Balaban J connectivity index is 1.03. The maximum absolute atomic E-state index is 13.2. The molecule has 4 aliphatic heterocycles. The summed E-state index contributed by atoms with van der Waals surface area (Å²) in [6.07, 6.45) is 8.05. The summed E-state index contributed by atoms with van der Waals surface area (Å²) in [6, 6.07) is 10.3. The van der Waals surface area contributed by atoms with E-state index in [0.29, 0.717) is 36.9 Å². The molecule has 2 aliphatic carbocycles. The second-order valence-electron chi connectivity index (χ2n) is 10.8. The Morgan fingerprint density at radius 1 is 1.00 bits per heavy atom. The molecule has 1 N–H and O–H groups in total. The van der Waals surface area contributed by atoms with Gasteiger partial charge in [0.25, 0.3) is 11.8 Å². The van der Waals surface area contributed by atoms with Crippen LogP contribution in [-0.4, -0.2) is 63.3 Å². The molecule has 3 amide bonds. The molecular weight excluding hydrogens is 444 g/mol. The summed E-state index contributed by atoms with van der Waals surface area (Å²) in [7, 11) is 0. The number of amides is 3. The number of nitrogens with one attached hydrogen (secondary N) is 1. The van der Waals surface area contributed by atoms with Gasteiger partial charge < -0.3 is 9.64 Å². The van der Waals surface area contributed by atoms with Crippen molar-refractivity contribution in [2.24, 2.45) is 5.92 Å². The van der Waals surface area contributed by atoms with Crippen LogP contribution in [0.5, 0.6) is 5.75 Å². The molecule has 8 rings (SSSR count). The molecule has 3 saturated heterocycles. The number of fused-ring (bicyclic) bond motifs is 3. The fourth-order valence-electron chi connectivity index (χ4n) is 6.78. The fraction of sp³-hybridized carbons (Fsp3) is 0.481. The first kappa shape index (κ1) is 21.1. The Morgan fingerprint density at radius 2 is 1.80 bits per heavy atom. The van der Waals surface area contributed by atoms with E-state index >= 15 is 0 Å². The molecule has 1 aromatic heterocycles. The molecule has 6 aliphatic rings. The van der Waals surface area contributed by atoms with Gasteiger partial charge in [-0.15, -0.1) is 0 Å². The van der Waals surface area contributed by atoms with Gasteiger partial charge in [-0.2, -0.15) is 0 Å². The largest absolute Gasteiger partial charge is 0.489 e.